The number of allylic oxidation sites excluding steroid dienone is 2. The van der Waals surface area contributed by atoms with Crippen LogP contribution in [0.5, 0.6) is 0 Å². The number of carbonyl (C=O) groups is 1. The molecule has 2 aromatic rings. The lowest BCUT2D eigenvalue weighted by molar-refractivity contribution is -0.137. The molecule has 6 nitrogen and oxygen atoms in total. The minimum Gasteiger partial charge on any atom is -0.481 e. The van der Waals surface area contributed by atoms with Crippen LogP contribution in [-0.2, 0) is 16.1 Å². The SMILES string of the molecule is NO/C(CCCC(=O)O)=C(\C1CCCCC1)C(Cc1ccccc1)n1ccnc1. The Balaban J connectivity index is 1.98. The zero-order chi connectivity index (χ0) is 20.5. The number of imidazole rings is 1. The topological polar surface area (TPSA) is 90.4 Å². The number of carboxylic acids is 1. The van der Waals surface area contributed by atoms with Crippen molar-refractivity contribution in [2.75, 3.05) is 0 Å². The molecule has 0 radical (unpaired) electrons. The third-order valence-corrected chi connectivity index (χ3v) is 5.82. The minimum atomic E-state index is -0.795. The van der Waals surface area contributed by atoms with E-state index in [4.69, 9.17) is 15.8 Å². The van der Waals surface area contributed by atoms with E-state index in [0.717, 1.165) is 25.0 Å². The summed E-state index contributed by atoms with van der Waals surface area (Å²) in [6, 6.07) is 10.4. The number of hydrogen-bond donors (Lipinski definition) is 2. The van der Waals surface area contributed by atoms with Gasteiger partial charge in [0, 0.05) is 25.2 Å². The van der Waals surface area contributed by atoms with Gasteiger partial charge in [-0.05, 0) is 42.7 Å². The molecular formula is C23H31N3O3. The number of aromatic nitrogens is 2. The maximum absolute atomic E-state index is 11.0. The quantitative estimate of drug-likeness (QED) is 0.450. The standard InChI is InChI=1S/C23H31N3O3/c24-29-21(12-7-13-22(27)28)23(19-10-5-2-6-11-19)20(26-15-14-25-17-26)16-18-8-3-1-4-9-18/h1,3-4,8-9,14-15,17,19-20H,2,5-7,10-13,16,24H2,(H,27,28)/b23-21+. The molecule has 1 aromatic carbocycles. The van der Waals surface area contributed by atoms with Gasteiger partial charge in [-0.25, -0.2) is 4.98 Å². The fourth-order valence-electron chi connectivity index (χ4n) is 4.44. The van der Waals surface area contributed by atoms with Gasteiger partial charge in [-0.2, -0.15) is 5.90 Å². The first-order valence-electron chi connectivity index (χ1n) is 10.5. The molecule has 1 atom stereocenters. The first-order valence-corrected chi connectivity index (χ1v) is 10.5. The highest BCUT2D eigenvalue weighted by Crippen LogP contribution is 2.40. The van der Waals surface area contributed by atoms with E-state index in [1.165, 1.54) is 30.4 Å². The second kappa shape index (κ2) is 10.8. The van der Waals surface area contributed by atoms with Crippen molar-refractivity contribution in [1.82, 2.24) is 9.55 Å². The molecule has 3 N–H and O–H groups in total. The number of benzene rings is 1. The van der Waals surface area contributed by atoms with Gasteiger partial charge >= 0.3 is 5.97 Å². The second-order valence-electron chi connectivity index (χ2n) is 7.79. The lowest BCUT2D eigenvalue weighted by Gasteiger charge is -2.32. The van der Waals surface area contributed by atoms with Gasteiger partial charge in [0.05, 0.1) is 12.4 Å². The molecule has 6 heteroatoms. The van der Waals surface area contributed by atoms with Crippen molar-refractivity contribution in [3.05, 3.63) is 65.9 Å². The monoisotopic (exact) mass is 397 g/mol. The van der Waals surface area contributed by atoms with Gasteiger partial charge in [-0.1, -0.05) is 49.6 Å². The molecule has 0 saturated heterocycles. The average molecular weight is 398 g/mol. The molecule has 0 bridgehead atoms. The Labute approximate surface area is 172 Å². The van der Waals surface area contributed by atoms with Crippen LogP contribution in [0.4, 0.5) is 0 Å². The summed E-state index contributed by atoms with van der Waals surface area (Å²) in [7, 11) is 0. The van der Waals surface area contributed by atoms with E-state index in [1.54, 1.807) is 6.20 Å². The fourth-order valence-corrected chi connectivity index (χ4v) is 4.44. The van der Waals surface area contributed by atoms with Crippen LogP contribution in [0.25, 0.3) is 0 Å². The van der Waals surface area contributed by atoms with Crippen LogP contribution in [0.15, 0.2) is 60.4 Å². The van der Waals surface area contributed by atoms with Crippen molar-refractivity contribution >= 4 is 5.97 Å². The lowest BCUT2D eigenvalue weighted by atomic mass is 9.78. The Morgan fingerprint density at radius 2 is 1.97 bits per heavy atom. The first-order chi connectivity index (χ1) is 14.2. The highest BCUT2D eigenvalue weighted by atomic mass is 16.6. The molecule has 1 aliphatic carbocycles. The van der Waals surface area contributed by atoms with Crippen LogP contribution in [0.3, 0.4) is 0 Å². The van der Waals surface area contributed by atoms with Crippen molar-refractivity contribution in [3.63, 3.8) is 0 Å². The van der Waals surface area contributed by atoms with E-state index >= 15 is 0 Å². The van der Waals surface area contributed by atoms with Gasteiger partial charge in [0.1, 0.15) is 5.76 Å². The summed E-state index contributed by atoms with van der Waals surface area (Å²) in [5, 5.41) is 9.04. The third kappa shape index (κ3) is 5.94. The number of nitrogens with two attached hydrogens (primary N) is 1. The summed E-state index contributed by atoms with van der Waals surface area (Å²) in [6.45, 7) is 0. The molecule has 156 valence electrons. The normalized spacial score (nSPS) is 16.9. The van der Waals surface area contributed by atoms with Crippen molar-refractivity contribution in [3.8, 4) is 0 Å². The zero-order valence-electron chi connectivity index (χ0n) is 16.9. The van der Waals surface area contributed by atoms with E-state index in [1.807, 2.05) is 18.6 Å². The van der Waals surface area contributed by atoms with Crippen LogP contribution in [0, 0.1) is 5.92 Å². The Morgan fingerprint density at radius 3 is 2.59 bits per heavy atom. The summed E-state index contributed by atoms with van der Waals surface area (Å²) in [5.41, 5.74) is 2.45. The summed E-state index contributed by atoms with van der Waals surface area (Å²) in [4.78, 5) is 20.7. The number of carboxylic acid groups (broad SMARTS) is 1. The number of rotatable bonds is 10. The molecular weight excluding hydrogens is 366 g/mol. The molecule has 0 aliphatic heterocycles. The smallest absolute Gasteiger partial charge is 0.303 e. The van der Waals surface area contributed by atoms with Crippen molar-refractivity contribution < 1.29 is 14.7 Å². The molecule has 1 fully saturated rings. The molecule has 0 amide bonds. The summed E-state index contributed by atoms with van der Waals surface area (Å²) < 4.78 is 2.13. The van der Waals surface area contributed by atoms with E-state index < -0.39 is 5.97 Å². The highest BCUT2D eigenvalue weighted by Gasteiger charge is 2.30. The minimum absolute atomic E-state index is 0.0476. The van der Waals surface area contributed by atoms with Gasteiger partial charge in [-0.3, -0.25) is 4.79 Å². The van der Waals surface area contributed by atoms with Crippen molar-refractivity contribution in [2.24, 2.45) is 11.8 Å². The second-order valence-corrected chi connectivity index (χ2v) is 7.79. The van der Waals surface area contributed by atoms with Crippen molar-refractivity contribution in [1.29, 1.82) is 0 Å². The Hall–Kier alpha value is -2.60. The molecule has 29 heavy (non-hydrogen) atoms. The van der Waals surface area contributed by atoms with Crippen LogP contribution < -0.4 is 5.90 Å². The Bertz CT molecular complexity index is 781. The van der Waals surface area contributed by atoms with Gasteiger partial charge in [0.25, 0.3) is 0 Å². The van der Waals surface area contributed by atoms with Crippen LogP contribution >= 0.6 is 0 Å². The molecule has 3 rings (SSSR count). The van der Waals surface area contributed by atoms with Gasteiger partial charge in [0.15, 0.2) is 0 Å². The zero-order valence-corrected chi connectivity index (χ0v) is 16.9. The maximum Gasteiger partial charge on any atom is 0.303 e. The predicted molar refractivity (Wildman–Crippen MR) is 112 cm³/mol. The predicted octanol–water partition coefficient (Wildman–Crippen LogP) is 4.65. The molecule has 1 saturated carbocycles. The lowest BCUT2D eigenvalue weighted by Crippen LogP contribution is -2.24. The summed E-state index contributed by atoms with van der Waals surface area (Å²) in [5.74, 6) is 6.09. The van der Waals surface area contributed by atoms with Crippen molar-refractivity contribution in [2.45, 2.75) is 63.8 Å². The van der Waals surface area contributed by atoms with Gasteiger partial charge in [-0.15, -0.1) is 0 Å². The number of hydrogen-bond acceptors (Lipinski definition) is 4. The number of nitrogens with zero attached hydrogens (tertiary/aromatic N) is 2. The molecule has 1 heterocycles. The van der Waals surface area contributed by atoms with E-state index in [-0.39, 0.29) is 12.5 Å². The van der Waals surface area contributed by atoms with E-state index in [0.29, 0.717) is 18.8 Å². The fraction of sp³-hybridized carbons (Fsp3) is 0.478. The molecule has 1 aromatic heterocycles. The van der Waals surface area contributed by atoms with E-state index in [9.17, 15) is 4.79 Å². The third-order valence-electron chi connectivity index (χ3n) is 5.82. The van der Waals surface area contributed by atoms with E-state index in [2.05, 4.69) is 33.8 Å². The Morgan fingerprint density at radius 1 is 1.21 bits per heavy atom. The summed E-state index contributed by atoms with van der Waals surface area (Å²) >= 11 is 0. The highest BCUT2D eigenvalue weighted by molar-refractivity contribution is 5.66. The molecule has 0 spiro atoms. The average Bonchev–Trinajstić information content (AvgIpc) is 3.28. The molecule has 1 unspecified atom stereocenters. The molecule has 1 aliphatic rings. The van der Waals surface area contributed by atoms with Gasteiger partial charge in [0.2, 0.25) is 0 Å². The largest absolute Gasteiger partial charge is 0.481 e. The van der Waals surface area contributed by atoms with Crippen LogP contribution in [0.2, 0.25) is 0 Å². The maximum atomic E-state index is 11.0. The van der Waals surface area contributed by atoms with Gasteiger partial charge < -0.3 is 14.5 Å². The Kier molecular flexibility index (Phi) is 7.87. The van der Waals surface area contributed by atoms with Crippen LogP contribution in [-0.4, -0.2) is 20.6 Å². The van der Waals surface area contributed by atoms with Crippen LogP contribution in [0.1, 0.15) is 63.0 Å². The number of aliphatic carboxylic acids is 1. The first kappa shape index (κ1) is 21.1. The summed E-state index contributed by atoms with van der Waals surface area (Å²) in [6.07, 6.45) is 13.5.